The number of nitrogens with two attached hydrogens (primary N) is 1. The molecule has 0 aliphatic rings. The lowest BCUT2D eigenvalue weighted by Gasteiger charge is -2.12. The number of halogens is 1. The molecular formula is C13H11IN2O4S. The Morgan fingerprint density at radius 2 is 1.86 bits per heavy atom. The molecular weight excluding hydrogens is 407 g/mol. The first-order valence-corrected chi connectivity index (χ1v) is 8.27. The van der Waals surface area contributed by atoms with Crippen molar-refractivity contribution in [1.29, 1.82) is 0 Å². The number of anilines is 2. The Morgan fingerprint density at radius 3 is 2.48 bits per heavy atom. The van der Waals surface area contributed by atoms with Gasteiger partial charge in [0.15, 0.2) is 0 Å². The molecule has 2 rings (SSSR count). The average molecular weight is 418 g/mol. The molecule has 2 aromatic rings. The summed E-state index contributed by atoms with van der Waals surface area (Å²) in [5.41, 5.74) is 5.70. The number of nitrogens with one attached hydrogen (secondary N) is 1. The fraction of sp³-hybridized carbons (Fsp3) is 0. The van der Waals surface area contributed by atoms with Crippen LogP contribution < -0.4 is 10.5 Å². The minimum absolute atomic E-state index is 0.181. The summed E-state index contributed by atoms with van der Waals surface area (Å²) in [6, 6.07) is 10.4. The predicted octanol–water partition coefficient (Wildman–Crippen LogP) is 2.37. The standard InChI is InChI=1S/C13H11IN2O4S/c14-10-3-1-2-4-11(10)16-21(19,20)12-6-5-8(15)7-9(12)13(17)18/h1-7,16H,15H2,(H,17,18). The van der Waals surface area contributed by atoms with Gasteiger partial charge in [0, 0.05) is 9.26 Å². The van der Waals surface area contributed by atoms with Gasteiger partial charge in [-0.2, -0.15) is 0 Å². The highest BCUT2D eigenvalue weighted by Crippen LogP contribution is 2.24. The SMILES string of the molecule is Nc1ccc(S(=O)(=O)Nc2ccccc2I)c(C(=O)O)c1. The molecule has 0 aliphatic heterocycles. The van der Waals surface area contributed by atoms with E-state index < -0.39 is 16.0 Å². The predicted molar refractivity (Wildman–Crippen MR) is 87.8 cm³/mol. The number of sulfonamides is 1. The molecule has 0 aromatic heterocycles. The van der Waals surface area contributed by atoms with Gasteiger partial charge in [-0.05, 0) is 52.9 Å². The molecule has 8 heteroatoms. The van der Waals surface area contributed by atoms with Gasteiger partial charge in [0.2, 0.25) is 0 Å². The zero-order valence-corrected chi connectivity index (χ0v) is 13.6. The van der Waals surface area contributed by atoms with E-state index in [-0.39, 0.29) is 16.1 Å². The Hall–Kier alpha value is -1.81. The fourth-order valence-corrected chi connectivity index (χ4v) is 3.66. The molecule has 0 spiro atoms. The lowest BCUT2D eigenvalue weighted by Crippen LogP contribution is -2.17. The van der Waals surface area contributed by atoms with Gasteiger partial charge in [0.1, 0.15) is 4.90 Å². The first-order valence-electron chi connectivity index (χ1n) is 5.71. The molecule has 110 valence electrons. The summed E-state index contributed by atoms with van der Waals surface area (Å²) in [4.78, 5) is 10.9. The third-order valence-electron chi connectivity index (χ3n) is 2.64. The second-order valence-corrected chi connectivity index (χ2v) is 6.96. The van der Waals surface area contributed by atoms with Gasteiger partial charge in [0.25, 0.3) is 10.0 Å². The monoisotopic (exact) mass is 418 g/mol. The van der Waals surface area contributed by atoms with E-state index >= 15 is 0 Å². The average Bonchev–Trinajstić information content (AvgIpc) is 2.40. The summed E-state index contributed by atoms with van der Waals surface area (Å²) in [7, 11) is -4.02. The van der Waals surface area contributed by atoms with Crippen LogP contribution in [0.4, 0.5) is 11.4 Å². The van der Waals surface area contributed by atoms with Gasteiger partial charge in [0.05, 0.1) is 11.3 Å². The lowest BCUT2D eigenvalue weighted by atomic mass is 10.2. The lowest BCUT2D eigenvalue weighted by molar-refractivity contribution is 0.0692. The molecule has 0 atom stereocenters. The van der Waals surface area contributed by atoms with Crippen molar-refractivity contribution in [2.45, 2.75) is 4.90 Å². The van der Waals surface area contributed by atoms with E-state index in [0.717, 1.165) is 6.07 Å². The number of hydrogen-bond acceptors (Lipinski definition) is 4. The summed E-state index contributed by atoms with van der Waals surface area (Å²) in [5.74, 6) is -1.36. The van der Waals surface area contributed by atoms with Crippen LogP contribution in [-0.4, -0.2) is 19.5 Å². The number of para-hydroxylation sites is 1. The molecule has 0 unspecified atom stereocenters. The Kier molecular flexibility index (Phi) is 4.37. The van der Waals surface area contributed by atoms with Crippen molar-refractivity contribution < 1.29 is 18.3 Å². The number of aromatic carboxylic acids is 1. The zero-order chi connectivity index (χ0) is 15.6. The minimum atomic E-state index is -4.02. The summed E-state index contributed by atoms with van der Waals surface area (Å²) < 4.78 is 27.8. The van der Waals surface area contributed by atoms with E-state index in [0.29, 0.717) is 9.26 Å². The number of carboxylic acids is 1. The quantitative estimate of drug-likeness (QED) is 0.522. The molecule has 0 fully saturated rings. The van der Waals surface area contributed by atoms with Gasteiger partial charge in [-0.1, -0.05) is 12.1 Å². The first kappa shape index (κ1) is 15.6. The first-order chi connectivity index (χ1) is 9.81. The number of nitrogen functional groups attached to an aromatic ring is 1. The minimum Gasteiger partial charge on any atom is -0.478 e. The van der Waals surface area contributed by atoms with Gasteiger partial charge in [-0.15, -0.1) is 0 Å². The molecule has 0 heterocycles. The van der Waals surface area contributed by atoms with Crippen molar-refractivity contribution in [3.8, 4) is 0 Å². The van der Waals surface area contributed by atoms with Crippen LogP contribution in [0.25, 0.3) is 0 Å². The van der Waals surface area contributed by atoms with E-state index in [1.54, 1.807) is 24.3 Å². The molecule has 0 saturated carbocycles. The molecule has 0 radical (unpaired) electrons. The fourth-order valence-electron chi connectivity index (χ4n) is 1.69. The highest BCUT2D eigenvalue weighted by Gasteiger charge is 2.23. The van der Waals surface area contributed by atoms with Crippen LogP contribution in [0.5, 0.6) is 0 Å². The molecule has 6 nitrogen and oxygen atoms in total. The van der Waals surface area contributed by atoms with E-state index in [9.17, 15) is 13.2 Å². The summed E-state index contributed by atoms with van der Waals surface area (Å²) >= 11 is 1.98. The highest BCUT2D eigenvalue weighted by atomic mass is 127. The smallest absolute Gasteiger partial charge is 0.337 e. The molecule has 0 bridgehead atoms. The third-order valence-corrected chi connectivity index (χ3v) is 5.01. The van der Waals surface area contributed by atoms with Crippen LogP contribution in [0, 0.1) is 3.57 Å². The molecule has 0 amide bonds. The second kappa shape index (κ2) is 5.90. The number of benzene rings is 2. The molecule has 21 heavy (non-hydrogen) atoms. The van der Waals surface area contributed by atoms with Crippen LogP contribution in [0.2, 0.25) is 0 Å². The topological polar surface area (TPSA) is 109 Å². The third kappa shape index (κ3) is 3.45. The number of hydrogen-bond donors (Lipinski definition) is 3. The van der Waals surface area contributed by atoms with E-state index in [2.05, 4.69) is 4.72 Å². The van der Waals surface area contributed by atoms with E-state index in [4.69, 9.17) is 10.8 Å². The highest BCUT2D eigenvalue weighted by molar-refractivity contribution is 14.1. The van der Waals surface area contributed by atoms with Gasteiger partial charge in [-0.25, -0.2) is 13.2 Å². The molecule has 0 saturated heterocycles. The van der Waals surface area contributed by atoms with Crippen molar-refractivity contribution >= 4 is 50.0 Å². The number of carboxylic acid groups (broad SMARTS) is 1. The Labute approximate surface area is 135 Å². The number of rotatable bonds is 4. The van der Waals surface area contributed by atoms with Gasteiger partial charge < -0.3 is 10.8 Å². The maximum Gasteiger partial charge on any atom is 0.337 e. The Bertz CT molecular complexity index is 806. The Morgan fingerprint density at radius 1 is 1.19 bits per heavy atom. The van der Waals surface area contributed by atoms with Crippen molar-refractivity contribution in [2.24, 2.45) is 0 Å². The largest absolute Gasteiger partial charge is 0.478 e. The maximum atomic E-state index is 12.4. The van der Waals surface area contributed by atoms with Crippen molar-refractivity contribution in [1.82, 2.24) is 0 Å². The molecule has 4 N–H and O–H groups in total. The van der Waals surface area contributed by atoms with Gasteiger partial charge >= 0.3 is 5.97 Å². The van der Waals surface area contributed by atoms with Crippen LogP contribution in [0.3, 0.4) is 0 Å². The zero-order valence-electron chi connectivity index (χ0n) is 10.6. The van der Waals surface area contributed by atoms with Crippen LogP contribution in [0.1, 0.15) is 10.4 Å². The van der Waals surface area contributed by atoms with E-state index in [1.165, 1.54) is 12.1 Å². The van der Waals surface area contributed by atoms with Crippen molar-refractivity contribution in [3.05, 3.63) is 51.6 Å². The van der Waals surface area contributed by atoms with Crippen molar-refractivity contribution in [2.75, 3.05) is 10.5 Å². The van der Waals surface area contributed by atoms with Crippen LogP contribution in [0.15, 0.2) is 47.4 Å². The van der Waals surface area contributed by atoms with Gasteiger partial charge in [-0.3, -0.25) is 4.72 Å². The van der Waals surface area contributed by atoms with Crippen molar-refractivity contribution in [3.63, 3.8) is 0 Å². The number of carbonyl (C=O) groups is 1. The summed E-state index contributed by atoms with van der Waals surface area (Å²) in [6.45, 7) is 0. The second-order valence-electron chi connectivity index (χ2n) is 4.15. The van der Waals surface area contributed by atoms with E-state index in [1.807, 2.05) is 22.6 Å². The van der Waals surface area contributed by atoms with Crippen LogP contribution in [-0.2, 0) is 10.0 Å². The summed E-state index contributed by atoms with van der Waals surface area (Å²) in [5, 5.41) is 9.12. The normalized spacial score (nSPS) is 11.1. The summed E-state index contributed by atoms with van der Waals surface area (Å²) in [6.07, 6.45) is 0. The van der Waals surface area contributed by atoms with Crippen LogP contribution >= 0.6 is 22.6 Å². The molecule has 0 aliphatic carbocycles. The Balaban J connectivity index is 2.50. The maximum absolute atomic E-state index is 12.4. The molecule has 2 aromatic carbocycles.